The fraction of sp³-hybridized carbons (Fsp3) is 0.308. The lowest BCUT2D eigenvalue weighted by atomic mass is 10.1. The van der Waals surface area contributed by atoms with Crippen molar-refractivity contribution in [3.63, 3.8) is 0 Å². The highest BCUT2D eigenvalue weighted by atomic mass is 127. The number of benzene rings is 1. The van der Waals surface area contributed by atoms with Gasteiger partial charge in [0.15, 0.2) is 0 Å². The number of nitrogens with zero attached hydrogens (tertiary/aromatic N) is 1. The molecule has 0 spiro atoms. The Morgan fingerprint density at radius 1 is 1.19 bits per heavy atom. The Bertz CT molecular complexity index is 599. The molecule has 0 amide bonds. The van der Waals surface area contributed by atoms with Crippen LogP contribution in [0.3, 0.4) is 0 Å². The van der Waals surface area contributed by atoms with Crippen LogP contribution in [-0.2, 0) is 19.9 Å². The largest absolute Gasteiger partial charge is 0.347 e. The van der Waals surface area contributed by atoms with Crippen molar-refractivity contribution in [1.82, 2.24) is 4.57 Å². The SMILES string of the molecule is Cn1c2c(c(=N)c3ccccc31)CCC2.I. The van der Waals surface area contributed by atoms with Gasteiger partial charge in [-0.15, -0.1) is 24.0 Å². The molecule has 1 N–H and O–H groups in total. The number of hydrogen-bond acceptors (Lipinski definition) is 1. The highest BCUT2D eigenvalue weighted by molar-refractivity contribution is 14.0. The zero-order chi connectivity index (χ0) is 10.4. The van der Waals surface area contributed by atoms with Crippen LogP contribution in [0.5, 0.6) is 0 Å². The van der Waals surface area contributed by atoms with Gasteiger partial charge in [0.25, 0.3) is 0 Å². The number of aryl methyl sites for hydroxylation is 1. The molecule has 2 nitrogen and oxygen atoms in total. The van der Waals surface area contributed by atoms with Crippen molar-refractivity contribution in [3.8, 4) is 0 Å². The number of halogens is 1. The molecule has 0 atom stereocenters. The summed E-state index contributed by atoms with van der Waals surface area (Å²) < 4.78 is 2.26. The van der Waals surface area contributed by atoms with E-state index in [1.54, 1.807) is 0 Å². The maximum absolute atomic E-state index is 8.20. The van der Waals surface area contributed by atoms with Crippen molar-refractivity contribution in [2.75, 3.05) is 0 Å². The predicted molar refractivity (Wildman–Crippen MR) is 76.2 cm³/mol. The Hall–Kier alpha value is -0.840. The van der Waals surface area contributed by atoms with E-state index in [0.29, 0.717) is 0 Å². The first-order valence-corrected chi connectivity index (χ1v) is 5.43. The summed E-state index contributed by atoms with van der Waals surface area (Å²) in [5, 5.41) is 10.0. The normalized spacial score (nSPS) is 13.6. The smallest absolute Gasteiger partial charge is 0.0682 e. The van der Waals surface area contributed by atoms with Gasteiger partial charge in [-0.25, -0.2) is 0 Å². The molecule has 16 heavy (non-hydrogen) atoms. The van der Waals surface area contributed by atoms with E-state index in [1.807, 2.05) is 12.1 Å². The first kappa shape index (κ1) is 11.6. The molecule has 3 heteroatoms. The highest BCUT2D eigenvalue weighted by Crippen LogP contribution is 2.22. The minimum absolute atomic E-state index is 0. The van der Waals surface area contributed by atoms with Gasteiger partial charge < -0.3 is 4.57 Å². The molecule has 1 aromatic carbocycles. The lowest BCUT2D eigenvalue weighted by Gasteiger charge is -2.12. The molecule has 84 valence electrons. The monoisotopic (exact) mass is 326 g/mol. The molecule has 3 rings (SSSR count). The van der Waals surface area contributed by atoms with Crippen LogP contribution in [0, 0.1) is 5.41 Å². The van der Waals surface area contributed by atoms with E-state index < -0.39 is 0 Å². The molecule has 1 aliphatic rings. The van der Waals surface area contributed by atoms with Gasteiger partial charge in [-0.1, -0.05) is 18.2 Å². The van der Waals surface area contributed by atoms with Crippen LogP contribution in [0.25, 0.3) is 10.9 Å². The van der Waals surface area contributed by atoms with E-state index in [9.17, 15) is 0 Å². The van der Waals surface area contributed by atoms with E-state index in [2.05, 4.69) is 23.7 Å². The lowest BCUT2D eigenvalue weighted by molar-refractivity contribution is 0.830. The quantitative estimate of drug-likeness (QED) is 0.722. The molecule has 0 saturated carbocycles. The van der Waals surface area contributed by atoms with Gasteiger partial charge in [0, 0.05) is 18.1 Å². The maximum atomic E-state index is 8.20. The van der Waals surface area contributed by atoms with E-state index in [-0.39, 0.29) is 24.0 Å². The molecule has 0 bridgehead atoms. The Balaban J connectivity index is 0.000000963. The number of nitrogens with one attached hydrogen (secondary N) is 1. The molecular formula is C13H15IN2. The number of para-hydroxylation sites is 1. The van der Waals surface area contributed by atoms with E-state index in [0.717, 1.165) is 23.6 Å². The van der Waals surface area contributed by atoms with Gasteiger partial charge in [0.2, 0.25) is 0 Å². The number of pyridine rings is 1. The summed E-state index contributed by atoms with van der Waals surface area (Å²) in [5.74, 6) is 0. The van der Waals surface area contributed by atoms with Crippen LogP contribution in [0.4, 0.5) is 0 Å². The molecule has 1 heterocycles. The molecule has 0 aliphatic heterocycles. The third-order valence-electron chi connectivity index (χ3n) is 3.43. The van der Waals surface area contributed by atoms with Gasteiger partial charge in [0.05, 0.1) is 10.9 Å². The van der Waals surface area contributed by atoms with Crippen molar-refractivity contribution in [3.05, 3.63) is 40.9 Å². The molecule has 1 aliphatic carbocycles. The fourth-order valence-electron chi connectivity index (χ4n) is 2.65. The molecule has 0 unspecified atom stereocenters. The maximum Gasteiger partial charge on any atom is 0.0682 e. The molecule has 2 aromatic rings. The Kier molecular flexibility index (Phi) is 3.06. The average Bonchev–Trinajstić information content (AvgIpc) is 2.75. The van der Waals surface area contributed by atoms with Crippen LogP contribution in [-0.4, -0.2) is 4.57 Å². The van der Waals surface area contributed by atoms with Crippen molar-refractivity contribution < 1.29 is 0 Å². The molecule has 0 fully saturated rings. The number of rotatable bonds is 0. The summed E-state index contributed by atoms with van der Waals surface area (Å²) in [4.78, 5) is 0. The van der Waals surface area contributed by atoms with E-state index in [4.69, 9.17) is 5.41 Å². The highest BCUT2D eigenvalue weighted by Gasteiger charge is 2.17. The van der Waals surface area contributed by atoms with Crippen molar-refractivity contribution in [1.29, 1.82) is 5.41 Å². The number of fused-ring (bicyclic) bond motifs is 2. The molecule has 0 saturated heterocycles. The zero-order valence-electron chi connectivity index (χ0n) is 9.29. The van der Waals surface area contributed by atoms with Crippen molar-refractivity contribution in [2.45, 2.75) is 19.3 Å². The minimum atomic E-state index is 0. The first-order chi connectivity index (χ1) is 7.29. The minimum Gasteiger partial charge on any atom is -0.347 e. The van der Waals surface area contributed by atoms with Crippen LogP contribution in [0.1, 0.15) is 17.7 Å². The molecular weight excluding hydrogens is 311 g/mol. The van der Waals surface area contributed by atoms with Crippen LogP contribution >= 0.6 is 24.0 Å². The summed E-state index contributed by atoms with van der Waals surface area (Å²) in [6.07, 6.45) is 3.40. The lowest BCUT2D eigenvalue weighted by Crippen LogP contribution is -2.15. The van der Waals surface area contributed by atoms with Gasteiger partial charge in [-0.3, -0.25) is 5.41 Å². The second kappa shape index (κ2) is 4.20. The summed E-state index contributed by atoms with van der Waals surface area (Å²) in [6, 6.07) is 8.22. The topological polar surface area (TPSA) is 28.8 Å². The zero-order valence-corrected chi connectivity index (χ0v) is 11.6. The van der Waals surface area contributed by atoms with Crippen LogP contribution in [0.2, 0.25) is 0 Å². The molecule has 0 radical (unpaired) electrons. The Morgan fingerprint density at radius 2 is 1.94 bits per heavy atom. The van der Waals surface area contributed by atoms with Crippen LogP contribution < -0.4 is 5.36 Å². The van der Waals surface area contributed by atoms with Gasteiger partial charge >= 0.3 is 0 Å². The van der Waals surface area contributed by atoms with E-state index in [1.165, 1.54) is 23.2 Å². The average molecular weight is 326 g/mol. The second-order valence-electron chi connectivity index (χ2n) is 4.23. The number of hydrogen-bond donors (Lipinski definition) is 1. The van der Waals surface area contributed by atoms with Crippen molar-refractivity contribution >= 4 is 34.9 Å². The fourth-order valence-corrected chi connectivity index (χ4v) is 2.65. The predicted octanol–water partition coefficient (Wildman–Crippen LogP) is 2.76. The van der Waals surface area contributed by atoms with Crippen molar-refractivity contribution in [2.24, 2.45) is 7.05 Å². The van der Waals surface area contributed by atoms with E-state index >= 15 is 0 Å². The summed E-state index contributed by atoms with van der Waals surface area (Å²) >= 11 is 0. The first-order valence-electron chi connectivity index (χ1n) is 5.43. The third kappa shape index (κ3) is 1.49. The Morgan fingerprint density at radius 3 is 2.75 bits per heavy atom. The van der Waals surface area contributed by atoms with Crippen LogP contribution in [0.15, 0.2) is 24.3 Å². The summed E-state index contributed by atoms with van der Waals surface area (Å²) in [5.41, 5.74) is 3.80. The molecule has 1 aromatic heterocycles. The standard InChI is InChI=1S/C13H14N2.HI/c1-15-11-7-3-2-5-9(11)13(14)10-6-4-8-12(10)15;/h2-3,5,7,14H,4,6,8H2,1H3;1H. The summed E-state index contributed by atoms with van der Waals surface area (Å²) in [7, 11) is 2.12. The van der Waals surface area contributed by atoms with Gasteiger partial charge in [-0.2, -0.15) is 0 Å². The third-order valence-corrected chi connectivity index (χ3v) is 3.43. The number of aromatic nitrogens is 1. The second-order valence-corrected chi connectivity index (χ2v) is 4.23. The van der Waals surface area contributed by atoms with Gasteiger partial charge in [0.1, 0.15) is 0 Å². The van der Waals surface area contributed by atoms with Gasteiger partial charge in [-0.05, 0) is 30.9 Å². The Labute approximate surface area is 112 Å². The summed E-state index contributed by atoms with van der Waals surface area (Å²) in [6.45, 7) is 0.